The molecule has 0 saturated carbocycles. The summed E-state index contributed by atoms with van der Waals surface area (Å²) in [4.78, 5) is 42.1. The van der Waals surface area contributed by atoms with Crippen LogP contribution in [0.5, 0.6) is 0 Å². The summed E-state index contributed by atoms with van der Waals surface area (Å²) in [7, 11) is 0. The van der Waals surface area contributed by atoms with Crippen molar-refractivity contribution in [2.45, 2.75) is 71.1 Å². The topological polar surface area (TPSA) is 87.7 Å². The Morgan fingerprint density at radius 2 is 1.74 bits per heavy atom. The number of hydrogen-bond donors (Lipinski definition) is 2. The van der Waals surface area contributed by atoms with Gasteiger partial charge in [0.25, 0.3) is 0 Å². The number of terminal acetylenes is 1. The minimum Gasteiger partial charge on any atom is -0.444 e. The number of alkyl carbamates (subject to hydrolysis) is 1. The average Bonchev–Trinajstić information content (AvgIpc) is 2.90. The van der Waals surface area contributed by atoms with Crippen LogP contribution in [0.1, 0.15) is 69.7 Å². The van der Waals surface area contributed by atoms with Crippen LogP contribution in [0.3, 0.4) is 0 Å². The van der Waals surface area contributed by atoms with Gasteiger partial charge in [-0.3, -0.25) is 9.59 Å². The van der Waals surface area contributed by atoms with Gasteiger partial charge >= 0.3 is 6.09 Å². The van der Waals surface area contributed by atoms with Crippen LogP contribution in [-0.4, -0.2) is 47.5 Å². The average molecular weight is 532 g/mol. The smallest absolute Gasteiger partial charge is 0.408 e. The first kappa shape index (κ1) is 31.2. The molecule has 0 spiro atoms. The van der Waals surface area contributed by atoms with Crippen molar-refractivity contribution in [1.29, 1.82) is 0 Å². The van der Waals surface area contributed by atoms with Crippen molar-refractivity contribution in [3.63, 3.8) is 0 Å². The summed E-state index contributed by atoms with van der Waals surface area (Å²) in [6.45, 7) is 11.7. The highest BCUT2D eigenvalue weighted by molar-refractivity contribution is 5.92. The molecule has 2 aromatic rings. The maximum absolute atomic E-state index is 14.2. The van der Waals surface area contributed by atoms with Crippen LogP contribution in [0.2, 0.25) is 0 Å². The third-order valence-corrected chi connectivity index (χ3v) is 5.93. The molecule has 0 saturated heterocycles. The van der Waals surface area contributed by atoms with Crippen molar-refractivity contribution in [1.82, 2.24) is 15.5 Å². The highest BCUT2D eigenvalue weighted by Gasteiger charge is 2.36. The van der Waals surface area contributed by atoms with Gasteiger partial charge in [-0.25, -0.2) is 4.79 Å². The van der Waals surface area contributed by atoms with Crippen LogP contribution in [0.25, 0.3) is 0 Å². The zero-order valence-corrected chi connectivity index (χ0v) is 23.5. The number of benzene rings is 2. The van der Waals surface area contributed by atoms with Gasteiger partial charge in [-0.05, 0) is 44.4 Å². The summed E-state index contributed by atoms with van der Waals surface area (Å²) in [5.41, 5.74) is 1.12. The Morgan fingerprint density at radius 1 is 1.08 bits per heavy atom. The number of carbonyl (C=O) groups excluding carboxylic acids is 3. The number of carbonyl (C=O) groups is 3. The standard InChI is InChI=1S/C32H41N3O4/c1-7-10-16-21-33-29(36)28(26-20-15-14-19-25(26)9-3)35(22-8-2)30(37)27(23-24-17-12-11-13-18-24)34-31(38)39-32(4,5)6/h3,8,11-15,17-20,27-28H,2,7,10,16,21-23H2,1,4-6H3,(H,33,36)(H,34,38). The molecule has 0 aliphatic heterocycles. The highest BCUT2D eigenvalue weighted by Crippen LogP contribution is 2.26. The summed E-state index contributed by atoms with van der Waals surface area (Å²) in [5, 5.41) is 5.71. The van der Waals surface area contributed by atoms with Gasteiger partial charge in [-0.1, -0.05) is 80.3 Å². The lowest BCUT2D eigenvalue weighted by Gasteiger charge is -2.34. The Morgan fingerprint density at radius 3 is 2.36 bits per heavy atom. The Bertz CT molecular complexity index is 1150. The van der Waals surface area contributed by atoms with E-state index in [1.807, 2.05) is 30.3 Å². The van der Waals surface area contributed by atoms with Gasteiger partial charge in [0.15, 0.2) is 0 Å². The molecule has 3 amide bonds. The summed E-state index contributed by atoms with van der Waals surface area (Å²) < 4.78 is 5.45. The van der Waals surface area contributed by atoms with E-state index in [-0.39, 0.29) is 18.9 Å². The third-order valence-electron chi connectivity index (χ3n) is 5.93. The van der Waals surface area contributed by atoms with E-state index in [0.717, 1.165) is 24.8 Å². The van der Waals surface area contributed by atoms with E-state index < -0.39 is 29.7 Å². The second-order valence-corrected chi connectivity index (χ2v) is 10.3. The molecule has 7 nitrogen and oxygen atoms in total. The molecule has 7 heteroatoms. The first-order valence-corrected chi connectivity index (χ1v) is 13.4. The minimum absolute atomic E-state index is 0.0616. The zero-order chi connectivity index (χ0) is 28.8. The number of amides is 3. The number of hydrogen-bond acceptors (Lipinski definition) is 4. The van der Waals surface area contributed by atoms with Crippen LogP contribution in [0, 0.1) is 12.3 Å². The molecule has 0 bridgehead atoms. The Balaban J connectivity index is 2.52. The van der Waals surface area contributed by atoms with Crippen molar-refractivity contribution in [2.24, 2.45) is 0 Å². The first-order valence-electron chi connectivity index (χ1n) is 13.4. The van der Waals surface area contributed by atoms with Crippen LogP contribution in [-0.2, 0) is 20.7 Å². The molecule has 0 fully saturated rings. The lowest BCUT2D eigenvalue weighted by atomic mass is 9.96. The van der Waals surface area contributed by atoms with Crippen LogP contribution >= 0.6 is 0 Å². The van der Waals surface area contributed by atoms with E-state index in [9.17, 15) is 14.4 Å². The molecule has 0 heterocycles. The Kier molecular flexibility index (Phi) is 12.3. The number of unbranched alkanes of at least 4 members (excludes halogenated alkanes) is 2. The highest BCUT2D eigenvalue weighted by atomic mass is 16.6. The van der Waals surface area contributed by atoms with Gasteiger partial charge in [-0.2, -0.15) is 0 Å². The predicted octanol–water partition coefficient (Wildman–Crippen LogP) is 5.17. The normalized spacial score (nSPS) is 12.4. The molecule has 39 heavy (non-hydrogen) atoms. The minimum atomic E-state index is -1.02. The molecule has 0 aromatic heterocycles. The number of ether oxygens (including phenoxy) is 1. The predicted molar refractivity (Wildman–Crippen MR) is 155 cm³/mol. The third kappa shape index (κ3) is 9.97. The molecule has 0 aliphatic carbocycles. The molecule has 2 rings (SSSR count). The fourth-order valence-corrected chi connectivity index (χ4v) is 4.16. The quantitative estimate of drug-likeness (QED) is 0.212. The van der Waals surface area contributed by atoms with Crippen molar-refractivity contribution >= 4 is 17.9 Å². The van der Waals surface area contributed by atoms with E-state index in [2.05, 4.69) is 30.1 Å². The van der Waals surface area contributed by atoms with Gasteiger partial charge in [-0.15, -0.1) is 13.0 Å². The van der Waals surface area contributed by atoms with Crippen molar-refractivity contribution in [3.05, 3.63) is 83.9 Å². The monoisotopic (exact) mass is 531 g/mol. The molecule has 0 radical (unpaired) electrons. The maximum Gasteiger partial charge on any atom is 0.408 e. The first-order chi connectivity index (χ1) is 18.6. The summed E-state index contributed by atoms with van der Waals surface area (Å²) >= 11 is 0. The van der Waals surface area contributed by atoms with Gasteiger partial charge in [0.2, 0.25) is 11.8 Å². The van der Waals surface area contributed by atoms with Crippen molar-refractivity contribution in [2.75, 3.05) is 13.1 Å². The van der Waals surface area contributed by atoms with E-state index in [4.69, 9.17) is 11.2 Å². The lowest BCUT2D eigenvalue weighted by molar-refractivity contribution is -0.141. The maximum atomic E-state index is 14.2. The van der Waals surface area contributed by atoms with Gasteiger partial charge in [0.05, 0.1) is 0 Å². The molecular formula is C32H41N3O4. The Labute approximate surface area is 233 Å². The number of nitrogens with one attached hydrogen (secondary N) is 2. The van der Waals surface area contributed by atoms with E-state index in [0.29, 0.717) is 17.7 Å². The van der Waals surface area contributed by atoms with E-state index in [1.165, 1.54) is 4.90 Å². The van der Waals surface area contributed by atoms with Crippen molar-refractivity contribution < 1.29 is 19.1 Å². The number of nitrogens with zero attached hydrogens (tertiary/aromatic N) is 1. The molecule has 208 valence electrons. The SMILES string of the molecule is C#Cc1ccccc1C(C(=O)NCCCCC)N(CC=C)C(=O)C(Cc1ccccc1)NC(=O)OC(C)(C)C. The van der Waals surface area contributed by atoms with Crippen LogP contribution in [0.4, 0.5) is 4.79 Å². The lowest BCUT2D eigenvalue weighted by Crippen LogP contribution is -2.54. The summed E-state index contributed by atoms with van der Waals surface area (Å²) in [6.07, 6.45) is 9.62. The summed E-state index contributed by atoms with van der Waals surface area (Å²) in [5.74, 6) is 1.84. The van der Waals surface area contributed by atoms with Crippen molar-refractivity contribution in [3.8, 4) is 12.3 Å². The largest absolute Gasteiger partial charge is 0.444 e. The molecule has 2 N–H and O–H groups in total. The summed E-state index contributed by atoms with van der Waals surface area (Å²) in [6, 6.07) is 14.4. The van der Waals surface area contributed by atoms with Crippen LogP contribution in [0.15, 0.2) is 67.3 Å². The van der Waals surface area contributed by atoms with Gasteiger partial charge in [0, 0.05) is 25.1 Å². The second kappa shape index (κ2) is 15.4. The van der Waals surface area contributed by atoms with Crippen LogP contribution < -0.4 is 10.6 Å². The van der Waals surface area contributed by atoms with E-state index in [1.54, 1.807) is 51.1 Å². The molecule has 2 atom stereocenters. The Hall–Kier alpha value is -4.05. The number of rotatable bonds is 13. The fourth-order valence-electron chi connectivity index (χ4n) is 4.16. The van der Waals surface area contributed by atoms with E-state index >= 15 is 0 Å². The zero-order valence-electron chi connectivity index (χ0n) is 23.5. The van der Waals surface area contributed by atoms with Gasteiger partial charge in [0.1, 0.15) is 17.7 Å². The molecular weight excluding hydrogens is 490 g/mol. The molecule has 0 aliphatic rings. The molecule has 2 aromatic carbocycles. The van der Waals surface area contributed by atoms with Gasteiger partial charge < -0.3 is 20.3 Å². The molecule has 2 unspecified atom stereocenters. The second-order valence-electron chi connectivity index (χ2n) is 10.3. The fraction of sp³-hybridized carbons (Fsp3) is 0.406.